The van der Waals surface area contributed by atoms with Gasteiger partial charge in [-0.15, -0.1) is 0 Å². The molecule has 0 spiro atoms. The zero-order chi connectivity index (χ0) is 17.0. The Morgan fingerprint density at radius 3 is 2.57 bits per heavy atom. The summed E-state index contributed by atoms with van der Waals surface area (Å²) in [6, 6.07) is 8.50. The molecule has 0 bridgehead atoms. The molecule has 1 aromatic carbocycles. The first kappa shape index (κ1) is 16.7. The van der Waals surface area contributed by atoms with Gasteiger partial charge in [0.2, 0.25) is 0 Å². The van der Waals surface area contributed by atoms with Gasteiger partial charge >= 0.3 is 0 Å². The number of benzene rings is 1. The molecule has 6 nitrogen and oxygen atoms in total. The highest BCUT2D eigenvalue weighted by Crippen LogP contribution is 2.31. The van der Waals surface area contributed by atoms with Gasteiger partial charge in [-0.05, 0) is 34.7 Å². The van der Waals surface area contributed by atoms with E-state index in [1.807, 2.05) is 18.2 Å². The van der Waals surface area contributed by atoms with E-state index in [9.17, 15) is 9.59 Å². The van der Waals surface area contributed by atoms with Gasteiger partial charge in [0, 0.05) is 12.6 Å². The summed E-state index contributed by atoms with van der Waals surface area (Å²) in [4.78, 5) is 23.0. The summed E-state index contributed by atoms with van der Waals surface area (Å²) in [6.45, 7) is 6.69. The fourth-order valence-corrected chi connectivity index (χ4v) is 2.20. The van der Waals surface area contributed by atoms with Gasteiger partial charge < -0.3 is 10.1 Å². The molecule has 0 aliphatic heterocycles. The Hall–Kier alpha value is -2.63. The van der Waals surface area contributed by atoms with Gasteiger partial charge in [0.05, 0.1) is 7.11 Å². The van der Waals surface area contributed by atoms with Crippen molar-refractivity contribution >= 4 is 5.91 Å². The van der Waals surface area contributed by atoms with Crippen LogP contribution in [0.15, 0.2) is 35.1 Å². The van der Waals surface area contributed by atoms with Crippen molar-refractivity contribution in [1.82, 2.24) is 15.5 Å². The summed E-state index contributed by atoms with van der Waals surface area (Å²) < 4.78 is 5.40. The minimum Gasteiger partial charge on any atom is -0.496 e. The summed E-state index contributed by atoms with van der Waals surface area (Å²) in [7, 11) is 1.65. The lowest BCUT2D eigenvalue weighted by Gasteiger charge is -2.23. The molecule has 2 aromatic rings. The number of methoxy groups -OCH3 is 1. The predicted octanol–water partition coefficient (Wildman–Crippen LogP) is 2.01. The third-order valence-corrected chi connectivity index (χ3v) is 3.44. The summed E-state index contributed by atoms with van der Waals surface area (Å²) >= 11 is 0. The number of aromatic nitrogens is 2. The van der Waals surface area contributed by atoms with Gasteiger partial charge in [0.25, 0.3) is 11.5 Å². The molecule has 2 N–H and O–H groups in total. The van der Waals surface area contributed by atoms with Crippen molar-refractivity contribution in [1.29, 1.82) is 0 Å². The summed E-state index contributed by atoms with van der Waals surface area (Å²) in [6.07, 6.45) is 0. The number of nitrogens with zero attached hydrogens (tertiary/aromatic N) is 1. The van der Waals surface area contributed by atoms with Crippen LogP contribution in [0, 0.1) is 0 Å². The third-order valence-electron chi connectivity index (χ3n) is 3.44. The summed E-state index contributed by atoms with van der Waals surface area (Å²) in [5.41, 5.74) is 1.81. The van der Waals surface area contributed by atoms with Crippen LogP contribution in [0.25, 0.3) is 0 Å². The van der Waals surface area contributed by atoms with Gasteiger partial charge in [-0.25, -0.2) is 5.10 Å². The smallest absolute Gasteiger partial charge is 0.271 e. The van der Waals surface area contributed by atoms with Gasteiger partial charge in [-0.2, -0.15) is 5.10 Å². The van der Waals surface area contributed by atoms with Crippen molar-refractivity contribution in [3.8, 4) is 5.75 Å². The molecule has 6 heteroatoms. The minimum absolute atomic E-state index is 0.0637. The lowest BCUT2D eigenvalue weighted by Crippen LogP contribution is -2.25. The number of hydrogen-bond donors (Lipinski definition) is 2. The molecule has 0 saturated carbocycles. The first-order valence-corrected chi connectivity index (χ1v) is 7.32. The maximum absolute atomic E-state index is 12.0. The average molecular weight is 315 g/mol. The molecular weight excluding hydrogens is 294 g/mol. The number of hydrogen-bond acceptors (Lipinski definition) is 4. The van der Waals surface area contributed by atoms with E-state index in [0.29, 0.717) is 6.54 Å². The molecule has 1 heterocycles. The summed E-state index contributed by atoms with van der Waals surface area (Å²) in [5, 5.41) is 8.73. The highest BCUT2D eigenvalue weighted by atomic mass is 16.5. The second kappa shape index (κ2) is 6.64. The van der Waals surface area contributed by atoms with Crippen LogP contribution in [0.2, 0.25) is 0 Å². The van der Waals surface area contributed by atoms with Crippen LogP contribution < -0.4 is 15.6 Å². The number of nitrogens with one attached hydrogen (secondary N) is 2. The van der Waals surface area contributed by atoms with Gasteiger partial charge in [-0.3, -0.25) is 9.59 Å². The first-order chi connectivity index (χ1) is 10.8. The first-order valence-electron chi connectivity index (χ1n) is 7.32. The van der Waals surface area contributed by atoms with E-state index < -0.39 is 0 Å². The molecule has 0 aliphatic rings. The fourth-order valence-electron chi connectivity index (χ4n) is 2.20. The molecule has 1 amide bonds. The number of carbonyl (C=O) groups is 1. The van der Waals surface area contributed by atoms with Crippen LogP contribution in [0.4, 0.5) is 0 Å². The van der Waals surface area contributed by atoms with Crippen molar-refractivity contribution in [3.63, 3.8) is 0 Å². The molecule has 0 unspecified atom stereocenters. The maximum Gasteiger partial charge on any atom is 0.271 e. The number of carbonyl (C=O) groups excluding carboxylic acids is 1. The Balaban J connectivity index is 2.13. The number of ether oxygens (including phenoxy) is 1. The van der Waals surface area contributed by atoms with Crippen molar-refractivity contribution in [2.75, 3.05) is 7.11 Å². The van der Waals surface area contributed by atoms with Gasteiger partial charge in [-0.1, -0.05) is 26.8 Å². The maximum atomic E-state index is 12.0. The van der Waals surface area contributed by atoms with Crippen LogP contribution >= 0.6 is 0 Å². The van der Waals surface area contributed by atoms with E-state index in [2.05, 4.69) is 36.3 Å². The Morgan fingerprint density at radius 2 is 2.00 bits per heavy atom. The standard InChI is InChI=1S/C17H21N3O3/c1-17(2,3)12-9-11(5-7-14(12)23-4)10-18-16(22)13-6-8-15(21)20-19-13/h5-9H,10H2,1-4H3,(H,18,22)(H,20,21). The number of rotatable bonds is 4. The van der Waals surface area contributed by atoms with Gasteiger partial charge in [0.1, 0.15) is 11.4 Å². The Labute approximate surface area is 134 Å². The molecule has 1 aromatic heterocycles. The van der Waals surface area contributed by atoms with E-state index in [-0.39, 0.29) is 22.6 Å². The van der Waals surface area contributed by atoms with E-state index >= 15 is 0 Å². The molecule has 0 fully saturated rings. The van der Waals surface area contributed by atoms with Crippen LogP contribution in [-0.2, 0) is 12.0 Å². The quantitative estimate of drug-likeness (QED) is 0.904. The minimum atomic E-state index is -0.341. The topological polar surface area (TPSA) is 84.1 Å². The lowest BCUT2D eigenvalue weighted by molar-refractivity contribution is 0.0945. The van der Waals surface area contributed by atoms with E-state index in [1.54, 1.807) is 7.11 Å². The Bertz CT molecular complexity index is 740. The van der Waals surface area contributed by atoms with Gasteiger partial charge in [0.15, 0.2) is 0 Å². The van der Waals surface area contributed by atoms with Crippen LogP contribution in [0.3, 0.4) is 0 Å². The van der Waals surface area contributed by atoms with Crippen molar-refractivity contribution in [2.24, 2.45) is 0 Å². The number of aromatic amines is 1. The molecule has 0 saturated heterocycles. The second-order valence-corrected chi connectivity index (χ2v) is 6.27. The lowest BCUT2D eigenvalue weighted by atomic mass is 9.85. The average Bonchev–Trinajstić information content (AvgIpc) is 2.52. The monoisotopic (exact) mass is 315 g/mol. The zero-order valence-electron chi connectivity index (χ0n) is 13.8. The predicted molar refractivity (Wildman–Crippen MR) is 87.7 cm³/mol. The molecule has 0 radical (unpaired) electrons. The molecule has 2 rings (SSSR count). The zero-order valence-corrected chi connectivity index (χ0v) is 13.8. The highest BCUT2D eigenvalue weighted by molar-refractivity contribution is 5.91. The molecule has 122 valence electrons. The van der Waals surface area contributed by atoms with Crippen LogP contribution in [0.5, 0.6) is 5.75 Å². The van der Waals surface area contributed by atoms with E-state index in [4.69, 9.17) is 4.74 Å². The largest absolute Gasteiger partial charge is 0.496 e. The van der Waals surface area contributed by atoms with Crippen molar-refractivity contribution in [2.45, 2.75) is 32.7 Å². The molecule has 23 heavy (non-hydrogen) atoms. The highest BCUT2D eigenvalue weighted by Gasteiger charge is 2.19. The molecule has 0 aliphatic carbocycles. The second-order valence-electron chi connectivity index (χ2n) is 6.27. The fraction of sp³-hybridized carbons (Fsp3) is 0.353. The van der Waals surface area contributed by atoms with E-state index in [0.717, 1.165) is 16.9 Å². The van der Waals surface area contributed by atoms with Crippen molar-refractivity contribution in [3.05, 3.63) is 57.5 Å². The third kappa shape index (κ3) is 4.18. The van der Waals surface area contributed by atoms with Crippen LogP contribution in [0.1, 0.15) is 42.4 Å². The molecular formula is C17H21N3O3. The van der Waals surface area contributed by atoms with Crippen LogP contribution in [-0.4, -0.2) is 23.2 Å². The SMILES string of the molecule is COc1ccc(CNC(=O)c2ccc(=O)[nH]n2)cc1C(C)(C)C. The van der Waals surface area contributed by atoms with E-state index in [1.165, 1.54) is 12.1 Å². The number of H-pyrrole nitrogens is 1. The van der Waals surface area contributed by atoms with Crippen molar-refractivity contribution < 1.29 is 9.53 Å². The summed E-state index contributed by atoms with van der Waals surface area (Å²) in [5.74, 6) is 0.490. The Morgan fingerprint density at radius 1 is 1.26 bits per heavy atom. The molecule has 0 atom stereocenters. The normalized spacial score (nSPS) is 11.1. The Kier molecular flexibility index (Phi) is 4.83. The number of amides is 1.